The molecule has 5 nitrogen and oxygen atoms in total. The molecule has 0 radical (unpaired) electrons. The van der Waals surface area contributed by atoms with Crippen molar-refractivity contribution >= 4 is 57.2 Å². The molecule has 136 valence electrons. The van der Waals surface area contributed by atoms with E-state index >= 15 is 0 Å². The number of hydrogen-bond acceptors (Lipinski definition) is 4. The maximum Gasteiger partial charge on any atom is 0.231 e. The quantitative estimate of drug-likeness (QED) is 0.334. The van der Waals surface area contributed by atoms with Gasteiger partial charge in [0.15, 0.2) is 17.5 Å². The largest absolute Gasteiger partial charge is 0.454 e. The van der Waals surface area contributed by atoms with E-state index in [9.17, 15) is 0 Å². The second-order valence-corrected chi connectivity index (χ2v) is 7.87. The van der Waals surface area contributed by atoms with E-state index in [-0.39, 0.29) is 24.0 Å². The molecule has 1 aliphatic rings. The molecule has 1 aromatic heterocycles. The van der Waals surface area contributed by atoms with Gasteiger partial charge >= 0.3 is 0 Å². The Bertz CT molecular complexity index is 724. The van der Waals surface area contributed by atoms with E-state index in [2.05, 4.69) is 49.8 Å². The molecule has 2 aromatic rings. The van der Waals surface area contributed by atoms with Gasteiger partial charge in [-0.15, -0.1) is 35.3 Å². The SMILES string of the molecule is CN=C(NCCc1ccc2c(c1)OCO2)NCCc1ccc(Br)s1.I. The van der Waals surface area contributed by atoms with E-state index in [0.717, 1.165) is 43.4 Å². The lowest BCUT2D eigenvalue weighted by molar-refractivity contribution is 0.174. The second-order valence-electron chi connectivity index (χ2n) is 5.32. The lowest BCUT2D eigenvalue weighted by Gasteiger charge is -2.11. The van der Waals surface area contributed by atoms with Gasteiger partial charge in [0.2, 0.25) is 6.79 Å². The lowest BCUT2D eigenvalue weighted by atomic mass is 10.1. The number of guanidine groups is 1. The summed E-state index contributed by atoms with van der Waals surface area (Å²) < 4.78 is 11.9. The van der Waals surface area contributed by atoms with Crippen LogP contribution in [0.3, 0.4) is 0 Å². The molecule has 1 aliphatic heterocycles. The molecule has 2 heterocycles. The molecular formula is C17H21BrIN3O2S. The highest BCUT2D eigenvalue weighted by Gasteiger charge is 2.12. The number of halogens is 2. The van der Waals surface area contributed by atoms with E-state index in [0.29, 0.717) is 6.79 Å². The van der Waals surface area contributed by atoms with Crippen LogP contribution in [0.4, 0.5) is 0 Å². The van der Waals surface area contributed by atoms with Gasteiger partial charge in [0.05, 0.1) is 3.79 Å². The molecule has 1 aromatic carbocycles. The zero-order valence-corrected chi connectivity index (χ0v) is 18.6. The van der Waals surface area contributed by atoms with Crippen LogP contribution in [-0.4, -0.2) is 32.9 Å². The van der Waals surface area contributed by atoms with Crippen molar-refractivity contribution < 1.29 is 9.47 Å². The maximum absolute atomic E-state index is 5.40. The first-order valence-corrected chi connectivity index (χ1v) is 9.43. The van der Waals surface area contributed by atoms with Crippen LogP contribution in [0.25, 0.3) is 0 Å². The summed E-state index contributed by atoms with van der Waals surface area (Å²) in [5.74, 6) is 2.48. The van der Waals surface area contributed by atoms with E-state index in [1.807, 2.05) is 12.1 Å². The first kappa shape index (κ1) is 20.3. The van der Waals surface area contributed by atoms with Crippen molar-refractivity contribution in [1.82, 2.24) is 10.6 Å². The number of nitrogens with one attached hydrogen (secondary N) is 2. The number of nitrogens with zero attached hydrogens (tertiary/aromatic N) is 1. The highest BCUT2D eigenvalue weighted by molar-refractivity contribution is 14.0. The third-order valence-electron chi connectivity index (χ3n) is 3.66. The van der Waals surface area contributed by atoms with Crippen molar-refractivity contribution in [3.63, 3.8) is 0 Å². The summed E-state index contributed by atoms with van der Waals surface area (Å²) >= 11 is 5.25. The second kappa shape index (κ2) is 10.2. The minimum absolute atomic E-state index is 0. The zero-order valence-electron chi connectivity index (χ0n) is 13.9. The maximum atomic E-state index is 5.40. The Morgan fingerprint density at radius 3 is 2.60 bits per heavy atom. The highest BCUT2D eigenvalue weighted by Crippen LogP contribution is 2.32. The summed E-state index contributed by atoms with van der Waals surface area (Å²) in [5, 5.41) is 6.68. The smallest absolute Gasteiger partial charge is 0.231 e. The van der Waals surface area contributed by atoms with Crippen molar-refractivity contribution in [3.8, 4) is 11.5 Å². The van der Waals surface area contributed by atoms with Crippen molar-refractivity contribution in [2.45, 2.75) is 12.8 Å². The van der Waals surface area contributed by atoms with Crippen molar-refractivity contribution in [2.24, 2.45) is 4.99 Å². The van der Waals surface area contributed by atoms with Crippen LogP contribution in [0.1, 0.15) is 10.4 Å². The molecule has 0 atom stereocenters. The zero-order chi connectivity index (χ0) is 16.8. The average Bonchev–Trinajstić information content (AvgIpc) is 3.21. The van der Waals surface area contributed by atoms with Crippen LogP contribution in [0.15, 0.2) is 39.1 Å². The Morgan fingerprint density at radius 2 is 1.88 bits per heavy atom. The summed E-state index contributed by atoms with van der Waals surface area (Å²) in [5.41, 5.74) is 1.21. The normalized spacial score (nSPS) is 12.6. The fourth-order valence-corrected chi connectivity index (χ4v) is 3.92. The first-order valence-electron chi connectivity index (χ1n) is 7.82. The van der Waals surface area contributed by atoms with Crippen LogP contribution < -0.4 is 20.1 Å². The topological polar surface area (TPSA) is 54.9 Å². The molecule has 3 rings (SSSR count). The number of fused-ring (bicyclic) bond motifs is 1. The minimum atomic E-state index is 0. The summed E-state index contributed by atoms with van der Waals surface area (Å²) in [6.45, 7) is 1.98. The van der Waals surface area contributed by atoms with E-state index in [4.69, 9.17) is 9.47 Å². The first-order chi connectivity index (χ1) is 11.7. The summed E-state index contributed by atoms with van der Waals surface area (Å²) in [4.78, 5) is 5.61. The standard InChI is InChI=1S/C17H20BrN3O2S.HI/c1-19-17(21-9-7-13-3-5-16(18)24-13)20-8-6-12-2-4-14-15(10-12)23-11-22-14;/h2-5,10H,6-9,11H2,1H3,(H2,19,20,21);1H. The average molecular weight is 538 g/mol. The predicted molar refractivity (Wildman–Crippen MR) is 117 cm³/mol. The molecule has 0 saturated heterocycles. The van der Waals surface area contributed by atoms with E-state index < -0.39 is 0 Å². The van der Waals surface area contributed by atoms with Gasteiger partial charge in [0, 0.05) is 25.0 Å². The van der Waals surface area contributed by atoms with Crippen LogP contribution in [0, 0.1) is 0 Å². The van der Waals surface area contributed by atoms with Crippen LogP contribution >= 0.6 is 51.2 Å². The van der Waals surface area contributed by atoms with Gasteiger partial charge in [-0.05, 0) is 58.6 Å². The van der Waals surface area contributed by atoms with Gasteiger partial charge < -0.3 is 20.1 Å². The van der Waals surface area contributed by atoms with Crippen molar-refractivity contribution in [1.29, 1.82) is 0 Å². The Morgan fingerprint density at radius 1 is 1.12 bits per heavy atom. The van der Waals surface area contributed by atoms with Gasteiger partial charge in [-0.2, -0.15) is 0 Å². The Labute approximate surface area is 177 Å². The number of benzene rings is 1. The van der Waals surface area contributed by atoms with E-state index in [1.165, 1.54) is 14.2 Å². The Balaban J connectivity index is 0.00000225. The fraction of sp³-hybridized carbons (Fsp3) is 0.353. The molecule has 0 spiro atoms. The molecule has 0 unspecified atom stereocenters. The molecule has 2 N–H and O–H groups in total. The van der Waals surface area contributed by atoms with Gasteiger partial charge in [-0.1, -0.05) is 6.07 Å². The van der Waals surface area contributed by atoms with Gasteiger partial charge in [0.1, 0.15) is 0 Å². The Hall–Kier alpha value is -1.000. The van der Waals surface area contributed by atoms with Gasteiger partial charge in [-0.3, -0.25) is 4.99 Å². The molecule has 25 heavy (non-hydrogen) atoms. The predicted octanol–water partition coefficient (Wildman–Crippen LogP) is 3.81. The number of hydrogen-bond donors (Lipinski definition) is 2. The number of aliphatic imine (C=N–C) groups is 1. The molecule has 0 aliphatic carbocycles. The minimum Gasteiger partial charge on any atom is -0.454 e. The fourth-order valence-electron chi connectivity index (χ4n) is 2.43. The Kier molecular flexibility index (Phi) is 8.31. The van der Waals surface area contributed by atoms with Crippen LogP contribution in [-0.2, 0) is 12.8 Å². The third-order valence-corrected chi connectivity index (χ3v) is 5.34. The summed E-state index contributed by atoms with van der Waals surface area (Å²) in [6, 6.07) is 10.3. The molecule has 8 heteroatoms. The molecular weight excluding hydrogens is 517 g/mol. The summed E-state index contributed by atoms with van der Waals surface area (Å²) in [6.07, 6.45) is 1.88. The highest BCUT2D eigenvalue weighted by atomic mass is 127. The molecule has 0 bridgehead atoms. The van der Waals surface area contributed by atoms with E-state index in [1.54, 1.807) is 18.4 Å². The molecule has 0 saturated carbocycles. The summed E-state index contributed by atoms with van der Waals surface area (Å²) in [7, 11) is 1.79. The lowest BCUT2D eigenvalue weighted by Crippen LogP contribution is -2.39. The van der Waals surface area contributed by atoms with Gasteiger partial charge in [0.25, 0.3) is 0 Å². The monoisotopic (exact) mass is 537 g/mol. The van der Waals surface area contributed by atoms with Gasteiger partial charge in [-0.25, -0.2) is 0 Å². The number of ether oxygens (including phenoxy) is 2. The number of thiophene rings is 1. The van der Waals surface area contributed by atoms with Crippen LogP contribution in [0.5, 0.6) is 11.5 Å². The third kappa shape index (κ3) is 6.03. The van der Waals surface area contributed by atoms with Crippen molar-refractivity contribution in [2.75, 3.05) is 26.9 Å². The van der Waals surface area contributed by atoms with Crippen LogP contribution in [0.2, 0.25) is 0 Å². The van der Waals surface area contributed by atoms with Crippen molar-refractivity contribution in [3.05, 3.63) is 44.6 Å². The molecule has 0 amide bonds. The number of rotatable bonds is 6. The molecule has 0 fully saturated rings.